The first-order chi connectivity index (χ1) is 6.70. The second-order valence-electron chi connectivity index (χ2n) is 2.34. The van der Waals surface area contributed by atoms with Gasteiger partial charge in [0.2, 0.25) is 0 Å². The molecule has 0 aliphatic rings. The highest BCUT2D eigenvalue weighted by molar-refractivity contribution is 7.82. The molecule has 0 heterocycles. The third-order valence-electron chi connectivity index (χ3n) is 1.58. The Morgan fingerprint density at radius 1 is 1.43 bits per heavy atom. The van der Waals surface area contributed by atoms with Gasteiger partial charge in [0.05, 0.1) is 7.11 Å². The first-order valence-corrected chi connectivity index (χ1v) is 5.21. The predicted molar refractivity (Wildman–Crippen MR) is 55.0 cm³/mol. The van der Waals surface area contributed by atoms with Crippen molar-refractivity contribution in [1.29, 1.82) is 0 Å². The van der Waals surface area contributed by atoms with Crippen molar-refractivity contribution in [3.05, 3.63) is 29.8 Å². The highest BCUT2D eigenvalue weighted by atomic mass is 32.1. The Bertz CT molecular complexity index is 366. The molecule has 0 fully saturated rings. The van der Waals surface area contributed by atoms with Crippen LogP contribution in [0.2, 0.25) is 0 Å². The van der Waals surface area contributed by atoms with E-state index in [-0.39, 0.29) is 5.56 Å². The zero-order valence-electron chi connectivity index (χ0n) is 7.34. The van der Waals surface area contributed by atoms with Crippen LogP contribution in [-0.4, -0.2) is 12.6 Å². The van der Waals surface area contributed by atoms with E-state index >= 15 is 0 Å². The van der Waals surface area contributed by atoms with Crippen molar-refractivity contribution in [2.45, 2.75) is 0 Å². The number of methoxy groups -OCH3 is 1. The zero-order valence-corrected chi connectivity index (χ0v) is 9.13. The minimum atomic E-state index is -2.44. The summed E-state index contributed by atoms with van der Waals surface area (Å²) in [4.78, 5) is 11.4. The van der Waals surface area contributed by atoms with Crippen LogP contribution in [0.25, 0.3) is 0 Å². The van der Waals surface area contributed by atoms with Crippen LogP contribution in [0.5, 0.6) is 5.75 Å². The summed E-state index contributed by atoms with van der Waals surface area (Å²) in [6, 6.07) is 6.48. The number of thiol groups is 1. The second-order valence-corrected chi connectivity index (χ2v) is 3.92. The van der Waals surface area contributed by atoms with Gasteiger partial charge >= 0.3 is 13.6 Å². The van der Waals surface area contributed by atoms with E-state index in [4.69, 9.17) is 4.74 Å². The molecule has 0 saturated carbocycles. The van der Waals surface area contributed by atoms with Gasteiger partial charge in [-0.25, -0.2) is 4.79 Å². The van der Waals surface area contributed by atoms with Gasteiger partial charge in [-0.3, -0.25) is 0 Å². The fraction of sp³-hybridized carbons (Fsp3) is 0.125. The second kappa shape index (κ2) is 5.10. The van der Waals surface area contributed by atoms with E-state index in [0.717, 1.165) is 0 Å². The van der Waals surface area contributed by atoms with Gasteiger partial charge in [-0.2, -0.15) is 0 Å². The minimum absolute atomic E-state index is 0.227. The van der Waals surface area contributed by atoms with Crippen LogP contribution in [0.3, 0.4) is 0 Å². The van der Waals surface area contributed by atoms with Crippen molar-refractivity contribution in [3.8, 4) is 5.75 Å². The Balaban J connectivity index is 3.06. The summed E-state index contributed by atoms with van der Waals surface area (Å²) >= 11 is 3.32. The summed E-state index contributed by atoms with van der Waals surface area (Å²) in [5.41, 5.74) is -0.405. The molecular formula is C8H8O4PS+. The number of para-hydroxylation sites is 1. The topological polar surface area (TPSA) is 52.6 Å². The van der Waals surface area contributed by atoms with Gasteiger partial charge in [0, 0.05) is 12.9 Å². The summed E-state index contributed by atoms with van der Waals surface area (Å²) in [5.74, 6) is 0.367. The molecule has 0 aliphatic heterocycles. The molecule has 0 radical (unpaired) electrons. The SMILES string of the molecule is COc1ccccc1C(=O)[P+](=O)OS. The summed E-state index contributed by atoms with van der Waals surface area (Å²) < 4.78 is 20.1. The molecular weight excluding hydrogens is 223 g/mol. The summed E-state index contributed by atoms with van der Waals surface area (Å²) in [5, 5.41) is 0. The summed E-state index contributed by atoms with van der Waals surface area (Å²) in [7, 11) is -1.01. The van der Waals surface area contributed by atoms with E-state index in [2.05, 4.69) is 16.9 Å². The van der Waals surface area contributed by atoms with Crippen LogP contribution in [0.4, 0.5) is 0 Å². The summed E-state index contributed by atoms with van der Waals surface area (Å²) in [6.45, 7) is 0. The lowest BCUT2D eigenvalue weighted by molar-refractivity contribution is 0.106. The van der Waals surface area contributed by atoms with E-state index in [1.807, 2.05) is 0 Å². The largest absolute Gasteiger partial charge is 0.605 e. The highest BCUT2D eigenvalue weighted by Crippen LogP contribution is 2.33. The molecule has 0 amide bonds. The Morgan fingerprint density at radius 3 is 2.64 bits per heavy atom. The Morgan fingerprint density at radius 2 is 2.07 bits per heavy atom. The number of carbonyl (C=O) groups excluding carboxylic acids is 1. The molecule has 1 aromatic carbocycles. The lowest BCUT2D eigenvalue weighted by atomic mass is 10.2. The number of benzene rings is 1. The molecule has 0 spiro atoms. The molecule has 14 heavy (non-hydrogen) atoms. The maximum atomic E-state index is 11.4. The normalized spacial score (nSPS) is 10.9. The fourth-order valence-electron chi connectivity index (χ4n) is 0.957. The Labute approximate surface area is 87.7 Å². The molecule has 1 atom stereocenters. The van der Waals surface area contributed by atoms with Gasteiger partial charge in [0.1, 0.15) is 11.3 Å². The van der Waals surface area contributed by atoms with Crippen molar-refractivity contribution in [2.75, 3.05) is 7.11 Å². The van der Waals surface area contributed by atoms with Gasteiger partial charge in [-0.15, -0.1) is 0 Å². The monoisotopic (exact) mass is 231 g/mol. The van der Waals surface area contributed by atoms with Crippen molar-refractivity contribution in [2.24, 2.45) is 0 Å². The number of ether oxygens (including phenoxy) is 1. The number of rotatable bonds is 4. The van der Waals surface area contributed by atoms with Gasteiger partial charge in [-0.1, -0.05) is 16.1 Å². The molecule has 6 heteroatoms. The van der Waals surface area contributed by atoms with Crippen LogP contribution in [0.1, 0.15) is 10.4 Å². The van der Waals surface area contributed by atoms with Gasteiger partial charge in [-0.05, 0) is 16.7 Å². The summed E-state index contributed by atoms with van der Waals surface area (Å²) in [6.07, 6.45) is 0. The average molecular weight is 231 g/mol. The molecule has 0 saturated heterocycles. The standard InChI is InChI=1S/C8H7O4PS/c1-11-7-5-3-2-4-6(7)8(9)13(10)12-14/h2-5H,1H3/p+1. The van der Waals surface area contributed by atoms with Gasteiger partial charge in [0.25, 0.3) is 0 Å². The smallest absolute Gasteiger partial charge is 0.496 e. The molecule has 1 aromatic rings. The molecule has 0 N–H and O–H groups in total. The average Bonchev–Trinajstić information content (AvgIpc) is 2.26. The Hall–Kier alpha value is -0.900. The van der Waals surface area contributed by atoms with Gasteiger partial charge < -0.3 is 4.74 Å². The third kappa shape index (κ3) is 2.32. The van der Waals surface area contributed by atoms with E-state index < -0.39 is 13.6 Å². The van der Waals surface area contributed by atoms with E-state index in [9.17, 15) is 9.36 Å². The van der Waals surface area contributed by atoms with Crippen molar-refractivity contribution in [1.82, 2.24) is 0 Å². The number of carbonyl (C=O) groups is 1. The quantitative estimate of drug-likeness (QED) is 0.491. The maximum Gasteiger partial charge on any atom is 0.605 e. The fourth-order valence-corrected chi connectivity index (χ4v) is 1.63. The molecule has 74 valence electrons. The van der Waals surface area contributed by atoms with E-state index in [1.54, 1.807) is 18.2 Å². The van der Waals surface area contributed by atoms with Crippen LogP contribution in [-0.2, 0) is 8.54 Å². The number of hydrogen-bond donors (Lipinski definition) is 1. The minimum Gasteiger partial charge on any atom is -0.496 e. The van der Waals surface area contributed by atoms with Crippen LogP contribution in [0, 0.1) is 0 Å². The lowest BCUT2D eigenvalue weighted by Gasteiger charge is -2.00. The highest BCUT2D eigenvalue weighted by Gasteiger charge is 2.34. The zero-order chi connectivity index (χ0) is 10.6. The number of hydrogen-bond acceptors (Lipinski definition) is 5. The van der Waals surface area contributed by atoms with Crippen molar-refractivity contribution in [3.63, 3.8) is 0 Å². The molecule has 4 nitrogen and oxygen atoms in total. The van der Waals surface area contributed by atoms with E-state index in [1.165, 1.54) is 13.2 Å². The lowest BCUT2D eigenvalue weighted by Crippen LogP contribution is -1.97. The van der Waals surface area contributed by atoms with E-state index in [0.29, 0.717) is 5.75 Å². The molecule has 0 aliphatic carbocycles. The van der Waals surface area contributed by atoms with Crippen molar-refractivity contribution < 1.29 is 18.1 Å². The maximum absolute atomic E-state index is 11.4. The molecule has 0 aromatic heterocycles. The predicted octanol–water partition coefficient (Wildman–Crippen LogP) is 2.44. The Kier molecular flexibility index (Phi) is 4.07. The molecule has 1 rings (SSSR count). The van der Waals surface area contributed by atoms with Crippen LogP contribution < -0.4 is 4.74 Å². The van der Waals surface area contributed by atoms with Crippen LogP contribution in [0.15, 0.2) is 24.3 Å². The molecule has 1 unspecified atom stereocenters. The van der Waals surface area contributed by atoms with Crippen molar-refractivity contribution >= 4 is 26.5 Å². The first-order valence-electron chi connectivity index (χ1n) is 3.67. The first kappa shape index (κ1) is 11.2. The third-order valence-corrected chi connectivity index (χ3v) is 2.74. The van der Waals surface area contributed by atoms with Gasteiger partial charge in [0.15, 0.2) is 0 Å². The molecule has 0 bridgehead atoms. The van der Waals surface area contributed by atoms with Crippen LogP contribution >= 0.6 is 20.9 Å².